The van der Waals surface area contributed by atoms with Gasteiger partial charge in [-0.15, -0.1) is 0 Å². The molecule has 0 unspecified atom stereocenters. The fourth-order valence-corrected chi connectivity index (χ4v) is 1.43. The standard InChI is InChI=1S/C11H21NO3/c1-9(13)6-10(14)15-8-11(2,3)7-12(4)5/h6-8H2,1-5H3. The average molecular weight is 215 g/mol. The van der Waals surface area contributed by atoms with E-state index in [0.29, 0.717) is 6.61 Å². The van der Waals surface area contributed by atoms with E-state index in [1.165, 1.54) is 6.92 Å². The fourth-order valence-electron chi connectivity index (χ4n) is 1.43. The molecule has 0 bridgehead atoms. The summed E-state index contributed by atoms with van der Waals surface area (Å²) in [6, 6.07) is 0. The molecule has 0 radical (unpaired) electrons. The molecular formula is C11H21NO3. The van der Waals surface area contributed by atoms with Crippen molar-refractivity contribution >= 4 is 11.8 Å². The smallest absolute Gasteiger partial charge is 0.313 e. The molecule has 0 fully saturated rings. The summed E-state index contributed by atoms with van der Waals surface area (Å²) in [6.45, 7) is 6.60. The Labute approximate surface area is 91.6 Å². The first kappa shape index (κ1) is 14.1. The molecule has 88 valence electrons. The van der Waals surface area contributed by atoms with Gasteiger partial charge in [-0.05, 0) is 21.0 Å². The Morgan fingerprint density at radius 1 is 1.27 bits per heavy atom. The Bertz CT molecular complexity index is 234. The van der Waals surface area contributed by atoms with E-state index >= 15 is 0 Å². The number of carbonyl (C=O) groups is 2. The van der Waals surface area contributed by atoms with Gasteiger partial charge in [-0.25, -0.2) is 0 Å². The molecule has 0 aliphatic carbocycles. The molecule has 0 aliphatic heterocycles. The number of nitrogens with zero attached hydrogens (tertiary/aromatic N) is 1. The second-order valence-electron chi connectivity index (χ2n) is 4.94. The van der Waals surface area contributed by atoms with E-state index in [0.717, 1.165) is 6.54 Å². The molecule has 0 N–H and O–H groups in total. The van der Waals surface area contributed by atoms with Gasteiger partial charge in [-0.3, -0.25) is 9.59 Å². The summed E-state index contributed by atoms with van der Waals surface area (Å²) in [6.07, 6.45) is -0.127. The van der Waals surface area contributed by atoms with Crippen LogP contribution in [0.5, 0.6) is 0 Å². The zero-order valence-electron chi connectivity index (χ0n) is 10.3. The van der Waals surface area contributed by atoms with Gasteiger partial charge in [0.25, 0.3) is 0 Å². The van der Waals surface area contributed by atoms with Crippen molar-refractivity contribution in [3.05, 3.63) is 0 Å². The molecule has 4 nitrogen and oxygen atoms in total. The second-order valence-corrected chi connectivity index (χ2v) is 4.94. The van der Waals surface area contributed by atoms with E-state index in [4.69, 9.17) is 4.74 Å². The quantitative estimate of drug-likeness (QED) is 0.491. The molecule has 0 spiro atoms. The number of ether oxygens (including phenoxy) is 1. The summed E-state index contributed by atoms with van der Waals surface area (Å²) in [5.74, 6) is -0.597. The number of hydrogen-bond donors (Lipinski definition) is 0. The lowest BCUT2D eigenvalue weighted by Crippen LogP contribution is -2.33. The van der Waals surface area contributed by atoms with Crippen LogP contribution in [0.4, 0.5) is 0 Å². The van der Waals surface area contributed by atoms with Crippen LogP contribution < -0.4 is 0 Å². The minimum Gasteiger partial charge on any atom is -0.465 e. The third-order valence-corrected chi connectivity index (χ3v) is 1.76. The molecule has 4 heteroatoms. The van der Waals surface area contributed by atoms with E-state index in [9.17, 15) is 9.59 Å². The van der Waals surface area contributed by atoms with Crippen molar-refractivity contribution in [3.8, 4) is 0 Å². The first-order valence-corrected chi connectivity index (χ1v) is 5.03. The van der Waals surface area contributed by atoms with Crippen molar-refractivity contribution in [2.75, 3.05) is 27.2 Å². The Kier molecular flexibility index (Phi) is 5.50. The van der Waals surface area contributed by atoms with Crippen LogP contribution in [0.15, 0.2) is 0 Å². The van der Waals surface area contributed by atoms with Crippen LogP contribution in [-0.2, 0) is 14.3 Å². The van der Waals surface area contributed by atoms with Crippen molar-refractivity contribution in [3.63, 3.8) is 0 Å². The van der Waals surface area contributed by atoms with Crippen LogP contribution >= 0.6 is 0 Å². The number of hydrogen-bond acceptors (Lipinski definition) is 4. The largest absolute Gasteiger partial charge is 0.465 e. The first-order valence-electron chi connectivity index (χ1n) is 5.03. The maximum Gasteiger partial charge on any atom is 0.313 e. The van der Waals surface area contributed by atoms with Crippen LogP contribution in [-0.4, -0.2) is 43.9 Å². The van der Waals surface area contributed by atoms with Crippen molar-refractivity contribution in [2.45, 2.75) is 27.2 Å². The van der Waals surface area contributed by atoms with Gasteiger partial charge in [0.1, 0.15) is 12.2 Å². The molecule has 0 aromatic rings. The summed E-state index contributed by atoms with van der Waals surface area (Å²) < 4.78 is 5.03. The van der Waals surface area contributed by atoms with Crippen LogP contribution in [0.2, 0.25) is 0 Å². The Hall–Kier alpha value is -0.900. The van der Waals surface area contributed by atoms with E-state index in [1.807, 2.05) is 32.8 Å². The van der Waals surface area contributed by atoms with Crippen LogP contribution in [0.3, 0.4) is 0 Å². The van der Waals surface area contributed by atoms with Gasteiger partial charge in [0, 0.05) is 12.0 Å². The predicted molar refractivity (Wildman–Crippen MR) is 58.6 cm³/mol. The lowest BCUT2D eigenvalue weighted by atomic mass is 9.94. The maximum absolute atomic E-state index is 11.1. The van der Waals surface area contributed by atoms with Gasteiger partial charge in [-0.1, -0.05) is 13.8 Å². The highest BCUT2D eigenvalue weighted by atomic mass is 16.5. The molecule has 0 aromatic carbocycles. The van der Waals surface area contributed by atoms with E-state index in [1.54, 1.807) is 0 Å². The monoisotopic (exact) mass is 215 g/mol. The summed E-state index contributed by atoms with van der Waals surface area (Å²) >= 11 is 0. The summed E-state index contributed by atoms with van der Waals surface area (Å²) in [5.41, 5.74) is -0.0874. The lowest BCUT2D eigenvalue weighted by Gasteiger charge is -2.27. The summed E-state index contributed by atoms with van der Waals surface area (Å²) in [4.78, 5) is 23.8. The van der Waals surface area contributed by atoms with Crippen molar-refractivity contribution < 1.29 is 14.3 Å². The molecule has 0 aromatic heterocycles. The number of rotatable bonds is 6. The third-order valence-electron chi connectivity index (χ3n) is 1.76. The van der Waals surface area contributed by atoms with Crippen molar-refractivity contribution in [1.29, 1.82) is 0 Å². The van der Waals surface area contributed by atoms with Gasteiger partial charge in [0.05, 0.1) is 6.61 Å². The number of Topliss-reactive ketones (excluding diaryl/α,β-unsaturated/α-hetero) is 1. The molecule has 0 atom stereocenters. The lowest BCUT2D eigenvalue weighted by molar-refractivity contribution is -0.148. The van der Waals surface area contributed by atoms with Crippen molar-refractivity contribution in [2.24, 2.45) is 5.41 Å². The molecule has 15 heavy (non-hydrogen) atoms. The normalized spacial score (nSPS) is 11.6. The second kappa shape index (κ2) is 5.85. The van der Waals surface area contributed by atoms with Gasteiger partial charge in [0.2, 0.25) is 0 Å². The van der Waals surface area contributed by atoms with Crippen LogP contribution in [0.1, 0.15) is 27.2 Å². The van der Waals surface area contributed by atoms with Crippen LogP contribution in [0.25, 0.3) is 0 Å². The fraction of sp³-hybridized carbons (Fsp3) is 0.818. The highest BCUT2D eigenvalue weighted by Crippen LogP contribution is 2.16. The SMILES string of the molecule is CC(=O)CC(=O)OCC(C)(C)CN(C)C. The van der Waals surface area contributed by atoms with E-state index < -0.39 is 5.97 Å². The summed E-state index contributed by atoms with van der Waals surface area (Å²) in [7, 11) is 3.94. The zero-order valence-corrected chi connectivity index (χ0v) is 10.3. The maximum atomic E-state index is 11.1. The molecule has 0 rings (SSSR count). The third kappa shape index (κ3) is 8.12. The van der Waals surface area contributed by atoms with Gasteiger partial charge in [-0.2, -0.15) is 0 Å². The van der Waals surface area contributed by atoms with Gasteiger partial charge in [0.15, 0.2) is 0 Å². The minimum atomic E-state index is -0.436. The van der Waals surface area contributed by atoms with Gasteiger partial charge < -0.3 is 9.64 Å². The number of carbonyl (C=O) groups excluding carboxylic acids is 2. The number of esters is 1. The Balaban J connectivity index is 3.92. The number of ketones is 1. The molecule has 0 aliphatic rings. The topological polar surface area (TPSA) is 46.6 Å². The Morgan fingerprint density at radius 3 is 2.20 bits per heavy atom. The van der Waals surface area contributed by atoms with Gasteiger partial charge >= 0.3 is 5.97 Å². The molecule has 0 amide bonds. The molecule has 0 heterocycles. The zero-order chi connectivity index (χ0) is 12.1. The van der Waals surface area contributed by atoms with E-state index in [2.05, 4.69) is 0 Å². The van der Waals surface area contributed by atoms with Crippen molar-refractivity contribution in [1.82, 2.24) is 4.90 Å². The first-order chi connectivity index (χ1) is 6.73. The minimum absolute atomic E-state index is 0.0874. The van der Waals surface area contributed by atoms with Crippen LogP contribution in [0, 0.1) is 5.41 Å². The average Bonchev–Trinajstić information content (AvgIpc) is 1.97. The molecule has 0 saturated carbocycles. The highest BCUT2D eigenvalue weighted by Gasteiger charge is 2.21. The summed E-state index contributed by atoms with van der Waals surface area (Å²) in [5, 5.41) is 0. The molecule has 0 saturated heterocycles. The van der Waals surface area contributed by atoms with E-state index in [-0.39, 0.29) is 17.6 Å². The molecular weight excluding hydrogens is 194 g/mol. The Morgan fingerprint density at radius 2 is 1.80 bits per heavy atom. The predicted octanol–water partition coefficient (Wildman–Crippen LogP) is 1.10. The highest BCUT2D eigenvalue weighted by molar-refractivity contribution is 5.94.